The van der Waals surface area contributed by atoms with E-state index in [1.807, 2.05) is 38.2 Å². The first kappa shape index (κ1) is 12.5. The molecule has 1 atom stereocenters. The molecule has 2 aromatic rings. The van der Waals surface area contributed by atoms with Gasteiger partial charge in [0.15, 0.2) is 0 Å². The van der Waals surface area contributed by atoms with Crippen LogP contribution in [0.3, 0.4) is 0 Å². The van der Waals surface area contributed by atoms with Crippen LogP contribution in [0, 0.1) is 0 Å². The number of nitrogens with zero attached hydrogens (tertiary/aromatic N) is 3. The Morgan fingerprint density at radius 3 is 2.83 bits per heavy atom. The van der Waals surface area contributed by atoms with Crippen LogP contribution in [0.2, 0.25) is 0 Å². The van der Waals surface area contributed by atoms with Crippen molar-refractivity contribution in [1.82, 2.24) is 20.4 Å². The molecule has 0 spiro atoms. The Morgan fingerprint density at radius 1 is 1.44 bits per heavy atom. The van der Waals surface area contributed by atoms with Crippen LogP contribution in [-0.4, -0.2) is 21.6 Å². The maximum Gasteiger partial charge on any atom is 0.124 e. The van der Waals surface area contributed by atoms with Gasteiger partial charge in [-0.15, -0.1) is 5.10 Å². The average molecular weight is 247 g/mol. The molecule has 0 saturated carbocycles. The molecule has 0 saturated heterocycles. The van der Waals surface area contributed by atoms with Gasteiger partial charge in [-0.05, 0) is 13.0 Å². The number of aryl methyl sites for hydroxylation is 1. The lowest BCUT2D eigenvalue weighted by Gasteiger charge is -2.19. The number of rotatable bonds is 5. The summed E-state index contributed by atoms with van der Waals surface area (Å²) in [6.45, 7) is 2.56. The van der Waals surface area contributed by atoms with Crippen LogP contribution in [0.15, 0.2) is 30.5 Å². The van der Waals surface area contributed by atoms with Crippen LogP contribution >= 0.6 is 0 Å². The fraction of sp³-hybridized carbons (Fsp3) is 0.333. The van der Waals surface area contributed by atoms with Crippen molar-refractivity contribution in [2.75, 3.05) is 6.61 Å². The zero-order valence-corrected chi connectivity index (χ0v) is 10.5. The van der Waals surface area contributed by atoms with E-state index in [0.717, 1.165) is 17.0 Å². The van der Waals surface area contributed by atoms with Gasteiger partial charge in [0.1, 0.15) is 5.75 Å². The van der Waals surface area contributed by atoms with Crippen LogP contribution in [0.4, 0.5) is 0 Å². The van der Waals surface area contributed by atoms with Gasteiger partial charge >= 0.3 is 0 Å². The van der Waals surface area contributed by atoms with Crippen LogP contribution < -0.4 is 16.0 Å². The number of aromatic nitrogens is 3. The number of ether oxygens (including phenoxy) is 1. The second-order valence-corrected chi connectivity index (χ2v) is 3.85. The highest BCUT2D eigenvalue weighted by Crippen LogP contribution is 2.28. The fourth-order valence-corrected chi connectivity index (χ4v) is 1.90. The monoisotopic (exact) mass is 247 g/mol. The van der Waals surface area contributed by atoms with E-state index in [9.17, 15) is 0 Å². The predicted molar refractivity (Wildman–Crippen MR) is 67.8 cm³/mol. The molecule has 0 amide bonds. The number of hydrazine groups is 1. The normalized spacial score (nSPS) is 12.4. The summed E-state index contributed by atoms with van der Waals surface area (Å²) in [7, 11) is 1.83. The standard InChI is InChI=1S/C12H17N5O/c1-3-18-11-7-5-4-6-9(11)12(15-13)10-8-14-16-17(10)2/h4-8,12,15H,3,13H2,1-2H3. The summed E-state index contributed by atoms with van der Waals surface area (Å²) in [6, 6.07) is 7.58. The molecule has 0 aliphatic rings. The number of hydrogen-bond donors (Lipinski definition) is 2. The topological polar surface area (TPSA) is 78.0 Å². The smallest absolute Gasteiger partial charge is 0.124 e. The van der Waals surface area contributed by atoms with Gasteiger partial charge in [0, 0.05) is 12.6 Å². The molecular weight excluding hydrogens is 230 g/mol. The lowest BCUT2D eigenvalue weighted by molar-refractivity contribution is 0.333. The van der Waals surface area contributed by atoms with Crippen LogP contribution in [0.25, 0.3) is 0 Å². The summed E-state index contributed by atoms with van der Waals surface area (Å²) in [5.41, 5.74) is 4.62. The van der Waals surface area contributed by atoms with Crippen LogP contribution in [-0.2, 0) is 7.05 Å². The molecule has 0 bridgehead atoms. The van der Waals surface area contributed by atoms with Crippen molar-refractivity contribution in [3.8, 4) is 5.75 Å². The van der Waals surface area contributed by atoms with Crippen molar-refractivity contribution < 1.29 is 4.74 Å². The number of nitrogens with two attached hydrogens (primary N) is 1. The van der Waals surface area contributed by atoms with Crippen LogP contribution in [0.5, 0.6) is 5.75 Å². The predicted octanol–water partition coefficient (Wildman–Crippen LogP) is 0.766. The Bertz CT molecular complexity index is 511. The van der Waals surface area contributed by atoms with E-state index >= 15 is 0 Å². The van der Waals surface area contributed by atoms with Gasteiger partial charge < -0.3 is 4.74 Å². The molecule has 1 aromatic carbocycles. The Hall–Kier alpha value is -1.92. The maximum absolute atomic E-state index is 5.66. The van der Waals surface area contributed by atoms with Crippen molar-refractivity contribution in [3.05, 3.63) is 41.7 Å². The van der Waals surface area contributed by atoms with Gasteiger partial charge in [-0.3, -0.25) is 10.5 Å². The summed E-state index contributed by atoms with van der Waals surface area (Å²) in [5.74, 6) is 6.46. The molecule has 18 heavy (non-hydrogen) atoms. The third kappa shape index (κ3) is 2.34. The van der Waals surface area contributed by atoms with E-state index in [-0.39, 0.29) is 6.04 Å². The molecule has 96 valence electrons. The van der Waals surface area contributed by atoms with E-state index in [1.165, 1.54) is 0 Å². The highest BCUT2D eigenvalue weighted by atomic mass is 16.5. The van der Waals surface area contributed by atoms with Gasteiger partial charge in [-0.2, -0.15) is 0 Å². The lowest BCUT2D eigenvalue weighted by atomic mass is 10.0. The molecule has 0 aliphatic carbocycles. The Morgan fingerprint density at radius 2 is 2.22 bits per heavy atom. The quantitative estimate of drug-likeness (QED) is 0.602. The molecular formula is C12H17N5O. The first-order valence-electron chi connectivity index (χ1n) is 5.80. The molecule has 3 N–H and O–H groups in total. The molecule has 6 heteroatoms. The zero-order chi connectivity index (χ0) is 13.0. The SMILES string of the molecule is CCOc1ccccc1C(NN)c1cnnn1C. The van der Waals surface area contributed by atoms with Crippen molar-refractivity contribution in [2.45, 2.75) is 13.0 Å². The number of hydrogen-bond acceptors (Lipinski definition) is 5. The maximum atomic E-state index is 5.66. The molecule has 1 unspecified atom stereocenters. The second-order valence-electron chi connectivity index (χ2n) is 3.85. The van der Waals surface area contributed by atoms with E-state index in [4.69, 9.17) is 10.6 Å². The first-order valence-corrected chi connectivity index (χ1v) is 5.80. The van der Waals surface area contributed by atoms with Crippen LogP contribution in [0.1, 0.15) is 24.2 Å². The number of para-hydroxylation sites is 1. The molecule has 0 aliphatic heterocycles. The summed E-state index contributed by atoms with van der Waals surface area (Å²) in [5, 5.41) is 7.79. The molecule has 2 rings (SSSR count). The van der Waals surface area contributed by atoms with Gasteiger partial charge in [0.05, 0.1) is 24.5 Å². The zero-order valence-electron chi connectivity index (χ0n) is 10.5. The highest BCUT2D eigenvalue weighted by Gasteiger charge is 2.20. The van der Waals surface area contributed by atoms with Crippen molar-refractivity contribution in [3.63, 3.8) is 0 Å². The van der Waals surface area contributed by atoms with E-state index < -0.39 is 0 Å². The Kier molecular flexibility index (Phi) is 3.91. The van der Waals surface area contributed by atoms with E-state index in [1.54, 1.807) is 10.9 Å². The fourth-order valence-electron chi connectivity index (χ4n) is 1.90. The van der Waals surface area contributed by atoms with Crippen molar-refractivity contribution >= 4 is 0 Å². The third-order valence-corrected chi connectivity index (χ3v) is 2.74. The summed E-state index contributed by atoms with van der Waals surface area (Å²) in [6.07, 6.45) is 1.69. The molecule has 1 aromatic heterocycles. The minimum absolute atomic E-state index is 0.201. The molecule has 1 heterocycles. The van der Waals surface area contributed by atoms with Crippen molar-refractivity contribution in [1.29, 1.82) is 0 Å². The molecule has 6 nitrogen and oxygen atoms in total. The Labute approximate surface area is 106 Å². The largest absolute Gasteiger partial charge is 0.494 e. The minimum Gasteiger partial charge on any atom is -0.494 e. The first-order chi connectivity index (χ1) is 8.77. The lowest BCUT2D eigenvalue weighted by Crippen LogP contribution is -2.30. The van der Waals surface area contributed by atoms with Crippen molar-refractivity contribution in [2.24, 2.45) is 12.9 Å². The minimum atomic E-state index is -0.201. The number of nitrogens with one attached hydrogen (secondary N) is 1. The second kappa shape index (κ2) is 5.61. The van der Waals surface area contributed by atoms with Gasteiger partial charge in [-0.1, -0.05) is 23.4 Å². The average Bonchev–Trinajstić information content (AvgIpc) is 2.79. The van der Waals surface area contributed by atoms with Gasteiger partial charge in [0.25, 0.3) is 0 Å². The van der Waals surface area contributed by atoms with E-state index in [0.29, 0.717) is 6.61 Å². The van der Waals surface area contributed by atoms with E-state index in [2.05, 4.69) is 15.7 Å². The van der Waals surface area contributed by atoms with Gasteiger partial charge in [-0.25, -0.2) is 5.43 Å². The highest BCUT2D eigenvalue weighted by molar-refractivity contribution is 5.39. The summed E-state index contributed by atoms with van der Waals surface area (Å²) < 4.78 is 7.30. The summed E-state index contributed by atoms with van der Waals surface area (Å²) in [4.78, 5) is 0. The summed E-state index contributed by atoms with van der Waals surface area (Å²) >= 11 is 0. The molecule has 0 fully saturated rings. The number of benzene rings is 1. The van der Waals surface area contributed by atoms with Gasteiger partial charge in [0.2, 0.25) is 0 Å². The Balaban J connectivity index is 2.42. The third-order valence-electron chi connectivity index (χ3n) is 2.74. The molecule has 0 radical (unpaired) electrons.